The van der Waals surface area contributed by atoms with Crippen LogP contribution in [0.2, 0.25) is 0 Å². The van der Waals surface area contributed by atoms with Gasteiger partial charge in [0, 0.05) is 38.4 Å². The lowest BCUT2D eigenvalue weighted by atomic mass is 9.96. The van der Waals surface area contributed by atoms with Crippen LogP contribution in [0.15, 0.2) is 194 Å². The van der Waals surface area contributed by atoms with Gasteiger partial charge < -0.3 is 0 Å². The standard InChI is InChI=1S/C50H32N4/c1-3-11-33(12-4-1)34-21-27-40(28-22-34)49-52-48(39-14-5-2-6-15-39)53-50(54-49)41-29-23-36(24-30-41)35-19-25-38(26-20-35)46-44-18-10-9-17-43(44)45-32-31-37-13-7-8-16-42(37)47(45)51-46/h1-32H. The summed E-state index contributed by atoms with van der Waals surface area (Å²) in [6, 6.07) is 67.5. The molecule has 10 rings (SSSR count). The fraction of sp³-hybridized carbons (Fsp3) is 0. The molecule has 0 radical (unpaired) electrons. The summed E-state index contributed by atoms with van der Waals surface area (Å²) in [5.74, 6) is 1.92. The van der Waals surface area contributed by atoms with Crippen molar-refractivity contribution < 1.29 is 0 Å². The van der Waals surface area contributed by atoms with Crippen molar-refractivity contribution in [1.29, 1.82) is 0 Å². The van der Waals surface area contributed by atoms with Crippen LogP contribution in [-0.2, 0) is 0 Å². The highest BCUT2D eigenvalue weighted by Crippen LogP contribution is 2.36. The van der Waals surface area contributed by atoms with Gasteiger partial charge in [0.2, 0.25) is 0 Å². The minimum Gasteiger partial charge on any atom is -0.246 e. The highest BCUT2D eigenvalue weighted by Gasteiger charge is 2.15. The second-order valence-corrected chi connectivity index (χ2v) is 13.5. The van der Waals surface area contributed by atoms with Crippen LogP contribution in [0.25, 0.3) is 100 Å². The fourth-order valence-corrected chi connectivity index (χ4v) is 7.33. The Balaban J connectivity index is 0.990. The average molecular weight is 689 g/mol. The molecule has 10 aromatic rings. The molecule has 0 amide bonds. The zero-order chi connectivity index (χ0) is 35.8. The lowest BCUT2D eigenvalue weighted by Gasteiger charge is -2.12. The van der Waals surface area contributed by atoms with E-state index in [2.05, 4.69) is 158 Å². The molecule has 0 spiro atoms. The van der Waals surface area contributed by atoms with E-state index in [9.17, 15) is 0 Å². The van der Waals surface area contributed by atoms with Crippen LogP contribution in [0.3, 0.4) is 0 Å². The van der Waals surface area contributed by atoms with Crippen LogP contribution in [-0.4, -0.2) is 19.9 Å². The predicted octanol–water partition coefficient (Wildman–Crippen LogP) is 12.7. The molecule has 54 heavy (non-hydrogen) atoms. The van der Waals surface area contributed by atoms with Crippen LogP contribution < -0.4 is 0 Å². The van der Waals surface area contributed by atoms with E-state index in [1.54, 1.807) is 0 Å². The Morgan fingerprint density at radius 1 is 0.222 bits per heavy atom. The van der Waals surface area contributed by atoms with E-state index < -0.39 is 0 Å². The highest BCUT2D eigenvalue weighted by atomic mass is 15.0. The molecule has 0 aliphatic rings. The van der Waals surface area contributed by atoms with E-state index in [0.29, 0.717) is 17.5 Å². The van der Waals surface area contributed by atoms with Crippen molar-refractivity contribution in [1.82, 2.24) is 19.9 Å². The Kier molecular flexibility index (Phi) is 7.77. The van der Waals surface area contributed by atoms with Crippen molar-refractivity contribution in [2.24, 2.45) is 0 Å². The van der Waals surface area contributed by atoms with Crippen LogP contribution >= 0.6 is 0 Å². The lowest BCUT2D eigenvalue weighted by Crippen LogP contribution is -2.00. The van der Waals surface area contributed by atoms with Crippen molar-refractivity contribution in [3.63, 3.8) is 0 Å². The fourth-order valence-electron chi connectivity index (χ4n) is 7.33. The van der Waals surface area contributed by atoms with E-state index in [0.717, 1.165) is 55.5 Å². The Morgan fingerprint density at radius 2 is 0.611 bits per heavy atom. The molecule has 0 unspecified atom stereocenters. The van der Waals surface area contributed by atoms with Gasteiger partial charge in [-0.05, 0) is 33.0 Å². The molecule has 0 bridgehead atoms. The summed E-state index contributed by atoms with van der Waals surface area (Å²) < 4.78 is 0. The molecule has 2 aromatic heterocycles. The van der Waals surface area contributed by atoms with Crippen LogP contribution in [0.5, 0.6) is 0 Å². The third-order valence-electron chi connectivity index (χ3n) is 10.1. The predicted molar refractivity (Wildman–Crippen MR) is 223 cm³/mol. The number of nitrogens with zero attached hydrogens (tertiary/aromatic N) is 4. The van der Waals surface area contributed by atoms with Crippen molar-refractivity contribution in [2.75, 3.05) is 0 Å². The highest BCUT2D eigenvalue weighted by molar-refractivity contribution is 6.18. The van der Waals surface area contributed by atoms with Gasteiger partial charge in [-0.15, -0.1) is 0 Å². The summed E-state index contributed by atoms with van der Waals surface area (Å²) >= 11 is 0. The maximum atomic E-state index is 5.31. The number of hydrogen-bond donors (Lipinski definition) is 0. The zero-order valence-electron chi connectivity index (χ0n) is 29.3. The molecular weight excluding hydrogens is 657 g/mol. The first-order chi connectivity index (χ1) is 26.7. The third-order valence-corrected chi connectivity index (χ3v) is 10.1. The van der Waals surface area contributed by atoms with Crippen LogP contribution in [0, 0.1) is 0 Å². The number of fused-ring (bicyclic) bond motifs is 5. The minimum atomic E-state index is 0.634. The van der Waals surface area contributed by atoms with Crippen LogP contribution in [0.4, 0.5) is 0 Å². The molecule has 2 heterocycles. The Labute approximate surface area is 313 Å². The van der Waals surface area contributed by atoms with Crippen molar-refractivity contribution in [3.05, 3.63) is 194 Å². The van der Waals surface area contributed by atoms with E-state index in [1.807, 2.05) is 36.4 Å². The number of pyridine rings is 1. The maximum Gasteiger partial charge on any atom is 0.164 e. The maximum absolute atomic E-state index is 5.31. The summed E-state index contributed by atoms with van der Waals surface area (Å²) in [6.07, 6.45) is 0. The Hall–Kier alpha value is -7.30. The van der Waals surface area contributed by atoms with Gasteiger partial charge in [-0.1, -0.05) is 194 Å². The Morgan fingerprint density at radius 3 is 1.17 bits per heavy atom. The second-order valence-electron chi connectivity index (χ2n) is 13.5. The molecule has 4 nitrogen and oxygen atoms in total. The molecule has 252 valence electrons. The monoisotopic (exact) mass is 688 g/mol. The first-order valence-corrected chi connectivity index (χ1v) is 18.1. The zero-order valence-corrected chi connectivity index (χ0v) is 29.3. The van der Waals surface area contributed by atoms with Gasteiger partial charge in [0.1, 0.15) is 0 Å². The van der Waals surface area contributed by atoms with Gasteiger partial charge in [0.15, 0.2) is 17.5 Å². The second kappa shape index (κ2) is 13.4. The molecule has 8 aromatic carbocycles. The summed E-state index contributed by atoms with van der Waals surface area (Å²) in [5, 5.41) is 5.90. The molecule has 0 saturated heterocycles. The minimum absolute atomic E-state index is 0.634. The van der Waals surface area contributed by atoms with Gasteiger partial charge in [-0.3, -0.25) is 0 Å². The number of aromatic nitrogens is 4. The van der Waals surface area contributed by atoms with Crippen molar-refractivity contribution in [2.45, 2.75) is 0 Å². The van der Waals surface area contributed by atoms with Crippen molar-refractivity contribution >= 4 is 32.4 Å². The van der Waals surface area contributed by atoms with Gasteiger partial charge in [-0.25, -0.2) is 19.9 Å². The lowest BCUT2D eigenvalue weighted by molar-refractivity contribution is 1.07. The summed E-state index contributed by atoms with van der Waals surface area (Å²) in [6.45, 7) is 0. The van der Waals surface area contributed by atoms with Gasteiger partial charge >= 0.3 is 0 Å². The summed E-state index contributed by atoms with van der Waals surface area (Å²) in [4.78, 5) is 20.2. The molecule has 0 saturated carbocycles. The van der Waals surface area contributed by atoms with E-state index in [-0.39, 0.29) is 0 Å². The number of rotatable bonds is 6. The molecule has 0 aliphatic carbocycles. The van der Waals surface area contributed by atoms with E-state index in [4.69, 9.17) is 19.9 Å². The number of hydrogen-bond acceptors (Lipinski definition) is 4. The largest absolute Gasteiger partial charge is 0.246 e. The van der Waals surface area contributed by atoms with Gasteiger partial charge in [0.25, 0.3) is 0 Å². The smallest absolute Gasteiger partial charge is 0.164 e. The van der Waals surface area contributed by atoms with E-state index in [1.165, 1.54) is 27.1 Å². The SMILES string of the molecule is c1ccc(-c2ccc(-c3nc(-c4ccccc4)nc(-c4ccc(-c5ccc(-c6nc7c8ccccc8ccc7c7ccccc67)cc5)cc4)n3)cc2)cc1. The summed E-state index contributed by atoms with van der Waals surface area (Å²) in [5.41, 5.74) is 10.5. The first kappa shape index (κ1) is 31.4. The Bertz CT molecular complexity index is 2940. The first-order valence-electron chi connectivity index (χ1n) is 18.1. The molecule has 0 fully saturated rings. The molecule has 0 atom stereocenters. The van der Waals surface area contributed by atoms with Crippen molar-refractivity contribution in [3.8, 4) is 67.7 Å². The van der Waals surface area contributed by atoms with E-state index >= 15 is 0 Å². The average Bonchev–Trinajstić information content (AvgIpc) is 3.26. The normalized spacial score (nSPS) is 11.3. The topological polar surface area (TPSA) is 51.6 Å². The van der Waals surface area contributed by atoms with Gasteiger partial charge in [-0.2, -0.15) is 0 Å². The molecule has 0 aliphatic heterocycles. The summed E-state index contributed by atoms with van der Waals surface area (Å²) in [7, 11) is 0. The van der Waals surface area contributed by atoms with Gasteiger partial charge in [0.05, 0.1) is 11.2 Å². The number of benzene rings is 8. The molecule has 0 N–H and O–H groups in total. The third kappa shape index (κ3) is 5.76. The molecule has 4 heteroatoms. The van der Waals surface area contributed by atoms with Crippen LogP contribution in [0.1, 0.15) is 0 Å². The quantitative estimate of drug-likeness (QED) is 0.163. The molecular formula is C50H32N4.